The van der Waals surface area contributed by atoms with Crippen molar-refractivity contribution in [1.82, 2.24) is 14.7 Å². The van der Waals surface area contributed by atoms with E-state index in [4.69, 9.17) is 0 Å². The molecule has 0 bridgehead atoms. The highest BCUT2D eigenvalue weighted by molar-refractivity contribution is 5.94. The molecule has 5 heteroatoms. The minimum absolute atomic E-state index is 0.0615. The van der Waals surface area contributed by atoms with Crippen molar-refractivity contribution in [3.63, 3.8) is 0 Å². The lowest BCUT2D eigenvalue weighted by Gasteiger charge is -2.36. The van der Waals surface area contributed by atoms with E-state index < -0.39 is 0 Å². The van der Waals surface area contributed by atoms with Gasteiger partial charge in [0.25, 0.3) is 5.91 Å². The Kier molecular flexibility index (Phi) is 4.48. The molecule has 0 saturated heterocycles. The Balaban J connectivity index is 1.83. The number of rotatable bonds is 4. The first kappa shape index (κ1) is 15.7. The van der Waals surface area contributed by atoms with Gasteiger partial charge in [0, 0.05) is 19.3 Å². The van der Waals surface area contributed by atoms with Crippen molar-refractivity contribution in [3.8, 4) is 0 Å². The number of aromatic nitrogens is 2. The Bertz CT molecular complexity index is 693. The Morgan fingerprint density at radius 2 is 2.17 bits per heavy atom. The zero-order valence-corrected chi connectivity index (χ0v) is 13.6. The van der Waals surface area contributed by atoms with E-state index in [0.717, 1.165) is 18.5 Å². The Labute approximate surface area is 136 Å². The zero-order valence-electron chi connectivity index (χ0n) is 13.6. The van der Waals surface area contributed by atoms with Gasteiger partial charge in [-0.2, -0.15) is 5.10 Å². The van der Waals surface area contributed by atoms with E-state index >= 15 is 0 Å². The van der Waals surface area contributed by atoms with E-state index in [-0.39, 0.29) is 18.6 Å². The van der Waals surface area contributed by atoms with E-state index in [9.17, 15) is 9.90 Å². The third-order valence-corrected chi connectivity index (χ3v) is 4.28. The molecule has 1 aromatic carbocycles. The molecule has 0 spiro atoms. The van der Waals surface area contributed by atoms with Gasteiger partial charge >= 0.3 is 0 Å². The molecule has 2 aromatic rings. The summed E-state index contributed by atoms with van der Waals surface area (Å²) in [6.07, 6.45) is 4.25. The first-order valence-electron chi connectivity index (χ1n) is 8.12. The van der Waals surface area contributed by atoms with Crippen LogP contribution in [0.3, 0.4) is 0 Å². The molecule has 1 aliphatic heterocycles. The molecule has 1 unspecified atom stereocenters. The summed E-state index contributed by atoms with van der Waals surface area (Å²) in [6.45, 7) is 5.58. The highest BCUT2D eigenvalue weighted by Gasteiger charge is 2.31. The minimum Gasteiger partial charge on any atom is -0.394 e. The topological polar surface area (TPSA) is 58.4 Å². The molecule has 0 aliphatic carbocycles. The van der Waals surface area contributed by atoms with E-state index in [1.165, 1.54) is 5.56 Å². The fourth-order valence-electron chi connectivity index (χ4n) is 3.21. The van der Waals surface area contributed by atoms with Crippen LogP contribution in [-0.4, -0.2) is 38.8 Å². The van der Waals surface area contributed by atoms with Gasteiger partial charge in [-0.25, -0.2) is 0 Å². The number of amides is 1. The number of carbonyl (C=O) groups is 1. The number of fused-ring (bicyclic) bond motifs is 1. The highest BCUT2D eigenvalue weighted by atomic mass is 16.3. The normalized spacial score (nSPS) is 17.4. The first-order chi connectivity index (χ1) is 11.1. The molecule has 0 radical (unpaired) electrons. The molecular formula is C18H23N3O2. The summed E-state index contributed by atoms with van der Waals surface area (Å²) in [5.41, 5.74) is 2.85. The maximum absolute atomic E-state index is 12.8. The average Bonchev–Trinajstić information content (AvgIpc) is 3.00. The van der Waals surface area contributed by atoms with Crippen LogP contribution in [0.4, 0.5) is 0 Å². The summed E-state index contributed by atoms with van der Waals surface area (Å²) in [5.74, 6) is 0.415. The average molecular weight is 313 g/mol. The van der Waals surface area contributed by atoms with Crippen LogP contribution in [0.1, 0.15) is 41.4 Å². The van der Waals surface area contributed by atoms with Gasteiger partial charge in [0.2, 0.25) is 0 Å². The number of hydrogen-bond donors (Lipinski definition) is 1. The van der Waals surface area contributed by atoms with Gasteiger partial charge in [0.15, 0.2) is 0 Å². The first-order valence-corrected chi connectivity index (χ1v) is 8.12. The van der Waals surface area contributed by atoms with Crippen molar-refractivity contribution in [1.29, 1.82) is 0 Å². The smallest absolute Gasteiger partial charge is 0.257 e. The molecule has 3 rings (SSSR count). The van der Waals surface area contributed by atoms with E-state index in [2.05, 4.69) is 25.0 Å². The molecule has 1 aromatic heterocycles. The lowest BCUT2D eigenvalue weighted by molar-refractivity contribution is 0.0568. The van der Waals surface area contributed by atoms with E-state index in [0.29, 0.717) is 18.0 Å². The Morgan fingerprint density at radius 1 is 1.39 bits per heavy atom. The highest BCUT2D eigenvalue weighted by Crippen LogP contribution is 2.30. The van der Waals surface area contributed by atoms with Crippen LogP contribution in [0.15, 0.2) is 36.7 Å². The summed E-state index contributed by atoms with van der Waals surface area (Å²) >= 11 is 0. The van der Waals surface area contributed by atoms with E-state index in [1.54, 1.807) is 17.3 Å². The summed E-state index contributed by atoms with van der Waals surface area (Å²) in [6, 6.07) is 7.75. The van der Waals surface area contributed by atoms with Crippen LogP contribution < -0.4 is 0 Å². The summed E-state index contributed by atoms with van der Waals surface area (Å²) < 4.78 is 1.81. The van der Waals surface area contributed by atoms with E-state index in [1.807, 2.05) is 22.9 Å². The fraction of sp³-hybridized carbons (Fsp3) is 0.444. The van der Waals surface area contributed by atoms with Gasteiger partial charge in [-0.1, -0.05) is 38.1 Å². The predicted octanol–water partition coefficient (Wildman–Crippen LogP) is 2.27. The van der Waals surface area contributed by atoms with Crippen LogP contribution in [0.5, 0.6) is 0 Å². The summed E-state index contributed by atoms with van der Waals surface area (Å²) in [7, 11) is 0. The maximum atomic E-state index is 12.8. The molecule has 1 atom stereocenters. The van der Waals surface area contributed by atoms with Crippen LogP contribution in [0.25, 0.3) is 0 Å². The second-order valence-electron chi connectivity index (χ2n) is 6.49. The van der Waals surface area contributed by atoms with Gasteiger partial charge in [0.05, 0.1) is 24.4 Å². The van der Waals surface area contributed by atoms with Gasteiger partial charge in [-0.15, -0.1) is 0 Å². The third kappa shape index (κ3) is 3.15. The molecule has 1 N–H and O–H groups in total. The molecule has 5 nitrogen and oxygen atoms in total. The van der Waals surface area contributed by atoms with Crippen LogP contribution >= 0.6 is 0 Å². The second kappa shape index (κ2) is 6.54. The fourth-order valence-corrected chi connectivity index (χ4v) is 3.21. The van der Waals surface area contributed by atoms with Gasteiger partial charge in [-0.05, 0) is 23.5 Å². The number of nitrogens with zero attached hydrogens (tertiary/aromatic N) is 3. The summed E-state index contributed by atoms with van der Waals surface area (Å²) in [4.78, 5) is 14.6. The molecule has 0 fully saturated rings. The lowest BCUT2D eigenvalue weighted by atomic mass is 9.92. The molecule has 122 valence electrons. The molecule has 23 heavy (non-hydrogen) atoms. The van der Waals surface area contributed by atoms with Crippen molar-refractivity contribution in [3.05, 3.63) is 53.3 Å². The molecule has 0 saturated carbocycles. The van der Waals surface area contributed by atoms with Crippen LogP contribution in [0, 0.1) is 5.92 Å². The lowest BCUT2D eigenvalue weighted by Crippen LogP contribution is -2.41. The van der Waals surface area contributed by atoms with Gasteiger partial charge < -0.3 is 10.0 Å². The maximum Gasteiger partial charge on any atom is 0.257 e. The SMILES string of the molecule is CC(C)Cn1cc(C(=O)N2CCc3ccccc3C2CO)cn1. The van der Waals surface area contributed by atoms with Crippen molar-refractivity contribution < 1.29 is 9.90 Å². The molecular weight excluding hydrogens is 290 g/mol. The van der Waals surface area contributed by atoms with Crippen molar-refractivity contribution in [2.45, 2.75) is 32.9 Å². The molecule has 1 aliphatic rings. The number of benzene rings is 1. The van der Waals surface area contributed by atoms with Crippen molar-refractivity contribution >= 4 is 5.91 Å². The Morgan fingerprint density at radius 3 is 2.91 bits per heavy atom. The third-order valence-electron chi connectivity index (χ3n) is 4.28. The number of aliphatic hydroxyl groups excluding tert-OH is 1. The number of aliphatic hydroxyl groups is 1. The zero-order chi connectivity index (χ0) is 16.4. The second-order valence-corrected chi connectivity index (χ2v) is 6.49. The van der Waals surface area contributed by atoms with Crippen molar-refractivity contribution in [2.75, 3.05) is 13.2 Å². The summed E-state index contributed by atoms with van der Waals surface area (Å²) in [5, 5.41) is 14.1. The standard InChI is InChI=1S/C18H23N3O2/c1-13(2)10-20-11-15(9-19-20)18(23)21-8-7-14-5-3-4-6-16(14)17(21)12-22/h3-6,9,11,13,17,22H,7-8,10,12H2,1-2H3. The van der Waals surface area contributed by atoms with Crippen molar-refractivity contribution in [2.24, 2.45) is 5.92 Å². The largest absolute Gasteiger partial charge is 0.394 e. The molecule has 2 heterocycles. The number of hydrogen-bond acceptors (Lipinski definition) is 3. The monoisotopic (exact) mass is 313 g/mol. The molecule has 1 amide bonds. The van der Waals surface area contributed by atoms with Gasteiger partial charge in [-0.3, -0.25) is 9.48 Å². The quantitative estimate of drug-likeness (QED) is 0.942. The van der Waals surface area contributed by atoms with Crippen LogP contribution in [-0.2, 0) is 13.0 Å². The van der Waals surface area contributed by atoms with Crippen LogP contribution in [0.2, 0.25) is 0 Å². The number of carbonyl (C=O) groups excluding carboxylic acids is 1. The predicted molar refractivity (Wildman–Crippen MR) is 88.1 cm³/mol. The minimum atomic E-state index is -0.277. The van der Waals surface area contributed by atoms with Gasteiger partial charge in [0.1, 0.15) is 0 Å². The Hall–Kier alpha value is -2.14.